The molecule has 0 atom stereocenters. The fourth-order valence-electron chi connectivity index (χ4n) is 2.61. The molecule has 0 saturated heterocycles. The number of sulfone groups is 1. The van der Waals surface area contributed by atoms with Gasteiger partial charge in [-0.2, -0.15) is 5.10 Å². The molecule has 9 heteroatoms. The van der Waals surface area contributed by atoms with E-state index < -0.39 is 9.84 Å². The SMILES string of the molecule is Cc1ncsc1CCn1cc(NC(=O)CCS(=O)(=O)/C=C/c2ccccc2)cn1. The lowest BCUT2D eigenvalue weighted by Crippen LogP contribution is -2.16. The van der Waals surface area contributed by atoms with Crippen molar-refractivity contribution in [3.8, 4) is 0 Å². The van der Waals surface area contributed by atoms with Crippen LogP contribution in [0, 0.1) is 6.92 Å². The van der Waals surface area contributed by atoms with Crippen LogP contribution >= 0.6 is 11.3 Å². The molecule has 0 spiro atoms. The van der Waals surface area contributed by atoms with E-state index in [1.54, 1.807) is 28.4 Å². The molecule has 1 aromatic carbocycles. The van der Waals surface area contributed by atoms with Crippen molar-refractivity contribution in [1.29, 1.82) is 0 Å². The second-order valence-corrected chi connectivity index (χ2v) is 9.43. The summed E-state index contributed by atoms with van der Waals surface area (Å²) in [4.78, 5) is 17.5. The maximum atomic E-state index is 12.1. The smallest absolute Gasteiger partial charge is 0.225 e. The van der Waals surface area contributed by atoms with Crippen molar-refractivity contribution in [2.24, 2.45) is 0 Å². The Kier molecular flexibility index (Phi) is 6.95. The monoisotopic (exact) mass is 430 g/mol. The van der Waals surface area contributed by atoms with Gasteiger partial charge in [0.1, 0.15) is 0 Å². The Labute approximate surface area is 174 Å². The van der Waals surface area contributed by atoms with Crippen molar-refractivity contribution in [2.75, 3.05) is 11.1 Å². The summed E-state index contributed by atoms with van der Waals surface area (Å²) in [5, 5.41) is 8.07. The highest BCUT2D eigenvalue weighted by molar-refractivity contribution is 7.94. The van der Waals surface area contributed by atoms with Crippen LogP contribution in [0.4, 0.5) is 5.69 Å². The Balaban J connectivity index is 1.46. The molecule has 29 heavy (non-hydrogen) atoms. The standard InChI is InChI=1S/C20H22N4O3S2/c1-16-19(28-15-21-16)7-10-24-14-18(13-22-24)23-20(25)9-12-29(26,27)11-8-17-5-3-2-4-6-17/h2-6,8,11,13-15H,7,9-10,12H2,1H3,(H,23,25)/b11-8+. The van der Waals surface area contributed by atoms with Crippen LogP contribution in [0.3, 0.4) is 0 Å². The first-order chi connectivity index (χ1) is 13.9. The van der Waals surface area contributed by atoms with Gasteiger partial charge in [-0.1, -0.05) is 30.3 Å². The van der Waals surface area contributed by atoms with E-state index in [2.05, 4.69) is 15.4 Å². The molecule has 0 aliphatic carbocycles. The van der Waals surface area contributed by atoms with Gasteiger partial charge < -0.3 is 5.32 Å². The third-order valence-electron chi connectivity index (χ3n) is 4.21. The van der Waals surface area contributed by atoms with E-state index in [0.717, 1.165) is 23.1 Å². The molecule has 3 aromatic rings. The van der Waals surface area contributed by atoms with Crippen LogP contribution in [0.5, 0.6) is 0 Å². The summed E-state index contributed by atoms with van der Waals surface area (Å²) in [6.07, 6.45) is 5.52. The molecule has 0 aliphatic rings. The van der Waals surface area contributed by atoms with E-state index >= 15 is 0 Å². The molecule has 3 rings (SSSR count). The summed E-state index contributed by atoms with van der Waals surface area (Å²) >= 11 is 1.61. The van der Waals surface area contributed by atoms with Crippen molar-refractivity contribution in [3.05, 3.63) is 69.8 Å². The summed E-state index contributed by atoms with van der Waals surface area (Å²) in [6.45, 7) is 2.65. The second kappa shape index (κ2) is 9.62. The van der Waals surface area contributed by atoms with Crippen LogP contribution in [-0.4, -0.2) is 34.8 Å². The number of aryl methyl sites for hydroxylation is 3. The highest BCUT2D eigenvalue weighted by Crippen LogP contribution is 2.14. The van der Waals surface area contributed by atoms with Gasteiger partial charge in [0, 0.05) is 35.9 Å². The number of carbonyl (C=O) groups excluding carboxylic acids is 1. The van der Waals surface area contributed by atoms with Crippen LogP contribution in [0.25, 0.3) is 6.08 Å². The van der Waals surface area contributed by atoms with E-state index in [1.807, 2.05) is 42.8 Å². The number of amides is 1. The maximum Gasteiger partial charge on any atom is 0.225 e. The van der Waals surface area contributed by atoms with E-state index in [1.165, 1.54) is 11.0 Å². The van der Waals surface area contributed by atoms with Gasteiger partial charge in [0.2, 0.25) is 5.91 Å². The van der Waals surface area contributed by atoms with E-state index in [-0.39, 0.29) is 18.1 Å². The molecule has 0 radical (unpaired) electrons. The van der Waals surface area contributed by atoms with Crippen LogP contribution < -0.4 is 5.32 Å². The zero-order chi connectivity index (χ0) is 20.7. The van der Waals surface area contributed by atoms with Crippen LogP contribution in [0.2, 0.25) is 0 Å². The number of hydrogen-bond acceptors (Lipinski definition) is 6. The van der Waals surface area contributed by atoms with E-state index in [0.29, 0.717) is 12.2 Å². The molecule has 0 fully saturated rings. The van der Waals surface area contributed by atoms with Crippen molar-refractivity contribution in [3.63, 3.8) is 0 Å². The summed E-state index contributed by atoms with van der Waals surface area (Å²) in [5.74, 6) is -0.611. The summed E-state index contributed by atoms with van der Waals surface area (Å²) in [7, 11) is -3.47. The number of nitrogens with one attached hydrogen (secondary N) is 1. The highest BCUT2D eigenvalue weighted by atomic mass is 32.2. The Morgan fingerprint density at radius 2 is 2.07 bits per heavy atom. The van der Waals surface area contributed by atoms with Gasteiger partial charge in [0.05, 0.1) is 28.8 Å². The molecule has 2 aromatic heterocycles. The molecule has 2 heterocycles. The quantitative estimate of drug-likeness (QED) is 0.562. The number of nitrogens with zero attached hydrogens (tertiary/aromatic N) is 3. The Morgan fingerprint density at radius 1 is 1.28 bits per heavy atom. The molecule has 7 nitrogen and oxygen atoms in total. The summed E-state index contributed by atoms with van der Waals surface area (Å²) in [5.41, 5.74) is 4.19. The van der Waals surface area contributed by atoms with Gasteiger partial charge in [-0.3, -0.25) is 9.48 Å². The Bertz CT molecular complexity index is 1090. The van der Waals surface area contributed by atoms with E-state index in [9.17, 15) is 13.2 Å². The lowest BCUT2D eigenvalue weighted by molar-refractivity contribution is -0.115. The number of thiazole rings is 1. The molecule has 0 unspecified atom stereocenters. The first-order valence-corrected chi connectivity index (χ1v) is 11.7. The normalized spacial score (nSPS) is 11.8. The number of anilines is 1. The molecular weight excluding hydrogens is 408 g/mol. The predicted octanol–water partition coefficient (Wildman–Crippen LogP) is 3.31. The maximum absolute atomic E-state index is 12.1. The average molecular weight is 431 g/mol. The van der Waals surface area contributed by atoms with Crippen molar-refractivity contribution >= 4 is 38.8 Å². The average Bonchev–Trinajstić information content (AvgIpc) is 3.33. The van der Waals surface area contributed by atoms with Gasteiger partial charge >= 0.3 is 0 Å². The van der Waals surface area contributed by atoms with Crippen LogP contribution in [0.15, 0.2) is 53.6 Å². The van der Waals surface area contributed by atoms with Crippen LogP contribution in [-0.2, 0) is 27.6 Å². The van der Waals surface area contributed by atoms with Gasteiger partial charge in [-0.05, 0) is 18.6 Å². The molecule has 1 amide bonds. The Morgan fingerprint density at radius 3 is 2.79 bits per heavy atom. The topological polar surface area (TPSA) is 94.0 Å². The van der Waals surface area contributed by atoms with Crippen molar-refractivity contribution in [2.45, 2.75) is 26.3 Å². The zero-order valence-corrected chi connectivity index (χ0v) is 17.6. The fourth-order valence-corrected chi connectivity index (χ4v) is 4.35. The fraction of sp³-hybridized carbons (Fsp3) is 0.250. The molecule has 0 bridgehead atoms. The third kappa shape index (κ3) is 6.65. The number of benzene rings is 1. The Hall–Kier alpha value is -2.78. The minimum absolute atomic E-state index is 0.118. The molecule has 152 valence electrons. The first-order valence-electron chi connectivity index (χ1n) is 9.08. The van der Waals surface area contributed by atoms with E-state index in [4.69, 9.17) is 0 Å². The molecular formula is C20H22N4O3S2. The van der Waals surface area contributed by atoms with Gasteiger partial charge in [-0.25, -0.2) is 13.4 Å². The largest absolute Gasteiger partial charge is 0.323 e. The lowest BCUT2D eigenvalue weighted by atomic mass is 10.2. The summed E-state index contributed by atoms with van der Waals surface area (Å²) < 4.78 is 25.9. The highest BCUT2D eigenvalue weighted by Gasteiger charge is 2.12. The second-order valence-electron chi connectivity index (χ2n) is 6.48. The number of carbonyl (C=O) groups is 1. The van der Waals surface area contributed by atoms with Gasteiger partial charge in [0.25, 0.3) is 0 Å². The summed E-state index contributed by atoms with van der Waals surface area (Å²) in [6, 6.07) is 9.15. The zero-order valence-electron chi connectivity index (χ0n) is 16.0. The van der Waals surface area contributed by atoms with Gasteiger partial charge in [-0.15, -0.1) is 11.3 Å². The molecule has 0 aliphatic heterocycles. The van der Waals surface area contributed by atoms with Crippen molar-refractivity contribution in [1.82, 2.24) is 14.8 Å². The first kappa shape index (κ1) is 20.9. The van der Waals surface area contributed by atoms with Gasteiger partial charge in [0.15, 0.2) is 9.84 Å². The lowest BCUT2D eigenvalue weighted by Gasteiger charge is -2.02. The molecule has 1 N–H and O–H groups in total. The number of hydrogen-bond donors (Lipinski definition) is 1. The minimum Gasteiger partial charge on any atom is -0.323 e. The minimum atomic E-state index is -3.47. The number of aromatic nitrogens is 3. The predicted molar refractivity (Wildman–Crippen MR) is 115 cm³/mol. The molecule has 0 saturated carbocycles. The third-order valence-corrected chi connectivity index (χ3v) is 6.53. The number of rotatable bonds is 9. The van der Waals surface area contributed by atoms with Crippen molar-refractivity contribution < 1.29 is 13.2 Å². The van der Waals surface area contributed by atoms with Crippen LogP contribution in [0.1, 0.15) is 22.6 Å².